The third-order valence-electron chi connectivity index (χ3n) is 4.45. The minimum absolute atomic E-state index is 0.0998. The molecule has 1 aliphatic heterocycles. The number of ether oxygens (including phenoxy) is 1. The summed E-state index contributed by atoms with van der Waals surface area (Å²) in [6, 6.07) is 12.2. The molecule has 140 valence electrons. The van der Waals surface area contributed by atoms with Crippen molar-refractivity contribution in [2.45, 2.75) is 12.8 Å². The highest BCUT2D eigenvalue weighted by Crippen LogP contribution is 2.24. The van der Waals surface area contributed by atoms with Gasteiger partial charge in [0.1, 0.15) is 5.75 Å². The van der Waals surface area contributed by atoms with Crippen LogP contribution in [0.1, 0.15) is 23.2 Å². The predicted molar refractivity (Wildman–Crippen MR) is 98.8 cm³/mol. The summed E-state index contributed by atoms with van der Waals surface area (Å²) in [5.74, 6) is -0.737. The zero-order chi connectivity index (χ0) is 19.4. The van der Waals surface area contributed by atoms with Crippen LogP contribution in [-0.2, 0) is 4.79 Å². The van der Waals surface area contributed by atoms with Crippen molar-refractivity contribution in [3.63, 3.8) is 0 Å². The monoisotopic (exact) mass is 388 g/mol. The van der Waals surface area contributed by atoms with Gasteiger partial charge in [0.25, 0.3) is 11.6 Å². The molecule has 0 saturated carbocycles. The highest BCUT2D eigenvalue weighted by molar-refractivity contribution is 6.30. The fraction of sp³-hybridized carbons (Fsp3) is 0.263. The fourth-order valence-electron chi connectivity index (χ4n) is 2.95. The van der Waals surface area contributed by atoms with Crippen LogP contribution >= 0.6 is 11.6 Å². The van der Waals surface area contributed by atoms with Crippen molar-refractivity contribution in [3.8, 4) is 5.75 Å². The lowest BCUT2D eigenvalue weighted by Crippen LogP contribution is -2.41. The molecule has 0 unspecified atom stereocenters. The van der Waals surface area contributed by atoms with Crippen molar-refractivity contribution < 1.29 is 19.2 Å². The Hall–Kier alpha value is -2.93. The van der Waals surface area contributed by atoms with Gasteiger partial charge in [0.05, 0.1) is 16.9 Å². The average molecular weight is 389 g/mol. The lowest BCUT2D eigenvalue weighted by Gasteiger charge is -2.31. The Bertz CT molecular complexity index is 861. The van der Waals surface area contributed by atoms with Crippen molar-refractivity contribution in [1.82, 2.24) is 4.90 Å². The summed E-state index contributed by atoms with van der Waals surface area (Å²) >= 11 is 5.84. The summed E-state index contributed by atoms with van der Waals surface area (Å²) in [5, 5.41) is 11.4. The molecule has 27 heavy (non-hydrogen) atoms. The largest absolute Gasteiger partial charge is 0.426 e. The summed E-state index contributed by atoms with van der Waals surface area (Å²) < 4.78 is 5.28. The number of nitro benzene ring substituents is 1. The zero-order valence-electron chi connectivity index (χ0n) is 14.3. The minimum Gasteiger partial charge on any atom is -0.426 e. The molecule has 1 saturated heterocycles. The van der Waals surface area contributed by atoms with Gasteiger partial charge >= 0.3 is 5.97 Å². The van der Waals surface area contributed by atoms with E-state index in [9.17, 15) is 19.7 Å². The predicted octanol–water partition coefficient (Wildman–Crippen LogP) is 3.71. The smallest absolute Gasteiger partial charge is 0.314 e. The van der Waals surface area contributed by atoms with Gasteiger partial charge in [-0.25, -0.2) is 0 Å². The Balaban J connectivity index is 1.56. The number of non-ortho nitro benzene ring substituents is 1. The molecule has 7 nitrogen and oxygen atoms in total. The van der Waals surface area contributed by atoms with Gasteiger partial charge in [-0.15, -0.1) is 0 Å². The number of likely N-dealkylation sites (tertiary alicyclic amines) is 1. The molecule has 0 bridgehead atoms. The number of hydrogen-bond donors (Lipinski definition) is 0. The van der Waals surface area contributed by atoms with Gasteiger partial charge in [-0.3, -0.25) is 19.7 Å². The topological polar surface area (TPSA) is 89.8 Å². The molecule has 0 aliphatic carbocycles. The summed E-state index contributed by atoms with van der Waals surface area (Å²) in [4.78, 5) is 36.8. The van der Waals surface area contributed by atoms with Crippen LogP contribution in [0.5, 0.6) is 5.75 Å². The Morgan fingerprint density at radius 1 is 1.11 bits per heavy atom. The van der Waals surface area contributed by atoms with E-state index >= 15 is 0 Å². The van der Waals surface area contributed by atoms with E-state index in [1.807, 2.05) is 0 Å². The normalized spacial score (nSPS) is 14.6. The summed E-state index contributed by atoms with van der Waals surface area (Å²) in [7, 11) is 0. The number of nitro groups is 1. The molecule has 1 aliphatic rings. The molecular weight excluding hydrogens is 372 g/mol. The van der Waals surface area contributed by atoms with Crippen molar-refractivity contribution in [2.75, 3.05) is 13.1 Å². The molecule has 1 heterocycles. The lowest BCUT2D eigenvalue weighted by molar-refractivity contribution is -0.384. The Morgan fingerprint density at radius 3 is 2.41 bits per heavy atom. The number of carbonyl (C=O) groups excluding carboxylic acids is 2. The number of piperidine rings is 1. The number of amides is 1. The Labute approximate surface area is 160 Å². The fourth-order valence-corrected chi connectivity index (χ4v) is 3.08. The molecule has 2 aromatic carbocycles. The average Bonchev–Trinajstić information content (AvgIpc) is 2.68. The van der Waals surface area contributed by atoms with Crippen LogP contribution in [0.15, 0.2) is 48.5 Å². The highest BCUT2D eigenvalue weighted by atomic mass is 35.5. The second-order valence-corrected chi connectivity index (χ2v) is 6.69. The van der Waals surface area contributed by atoms with Gasteiger partial charge in [0.15, 0.2) is 0 Å². The van der Waals surface area contributed by atoms with E-state index in [0.717, 1.165) is 0 Å². The van der Waals surface area contributed by atoms with Gasteiger partial charge in [0, 0.05) is 29.7 Å². The molecule has 1 amide bonds. The number of nitrogens with zero attached hydrogens (tertiary/aromatic N) is 2. The molecule has 0 radical (unpaired) electrons. The van der Waals surface area contributed by atoms with E-state index < -0.39 is 10.9 Å². The van der Waals surface area contributed by atoms with Gasteiger partial charge in [0.2, 0.25) is 0 Å². The van der Waals surface area contributed by atoms with Crippen LogP contribution in [0.2, 0.25) is 5.02 Å². The van der Waals surface area contributed by atoms with Gasteiger partial charge in [-0.05, 0) is 43.2 Å². The molecule has 0 aromatic heterocycles. The molecule has 0 atom stereocenters. The number of hydrogen-bond acceptors (Lipinski definition) is 5. The molecule has 3 rings (SSSR count). The first kappa shape index (κ1) is 18.8. The van der Waals surface area contributed by atoms with Crippen molar-refractivity contribution >= 4 is 29.2 Å². The third kappa shape index (κ3) is 4.62. The zero-order valence-corrected chi connectivity index (χ0v) is 15.1. The first-order chi connectivity index (χ1) is 12.9. The van der Waals surface area contributed by atoms with Crippen LogP contribution < -0.4 is 4.74 Å². The summed E-state index contributed by atoms with van der Waals surface area (Å²) in [5.41, 5.74) is 0.417. The summed E-state index contributed by atoms with van der Waals surface area (Å²) in [6.07, 6.45) is 0.959. The van der Waals surface area contributed by atoms with E-state index in [-0.39, 0.29) is 23.3 Å². The second kappa shape index (κ2) is 8.18. The Kier molecular flexibility index (Phi) is 5.71. The van der Waals surface area contributed by atoms with Crippen LogP contribution in [-0.4, -0.2) is 34.8 Å². The lowest BCUT2D eigenvalue weighted by atomic mass is 9.96. The van der Waals surface area contributed by atoms with Crippen LogP contribution in [0.4, 0.5) is 5.69 Å². The maximum absolute atomic E-state index is 12.5. The quantitative estimate of drug-likeness (QED) is 0.344. The van der Waals surface area contributed by atoms with Crippen LogP contribution in [0.3, 0.4) is 0 Å². The standard InChI is InChI=1S/C19H17ClN2O5/c20-15-6-4-13(5-7-15)18(23)21-10-8-14(9-11-21)19(24)27-17-3-1-2-16(12-17)22(25)26/h1-7,12,14H,8-11H2. The maximum atomic E-state index is 12.5. The van der Waals surface area contributed by atoms with Crippen LogP contribution in [0, 0.1) is 16.0 Å². The van der Waals surface area contributed by atoms with Crippen LogP contribution in [0.25, 0.3) is 0 Å². The van der Waals surface area contributed by atoms with E-state index in [1.165, 1.54) is 24.3 Å². The second-order valence-electron chi connectivity index (χ2n) is 6.25. The minimum atomic E-state index is -0.543. The highest BCUT2D eigenvalue weighted by Gasteiger charge is 2.29. The van der Waals surface area contributed by atoms with Crippen molar-refractivity contribution in [2.24, 2.45) is 5.92 Å². The first-order valence-electron chi connectivity index (χ1n) is 8.45. The van der Waals surface area contributed by atoms with Gasteiger partial charge < -0.3 is 9.64 Å². The van der Waals surface area contributed by atoms with E-state index in [1.54, 1.807) is 29.2 Å². The number of carbonyl (C=O) groups is 2. The SMILES string of the molecule is O=C(Oc1cccc([N+](=O)[O-])c1)C1CCN(C(=O)c2ccc(Cl)cc2)CC1. The molecule has 0 N–H and O–H groups in total. The van der Waals surface area contributed by atoms with Gasteiger partial charge in [-0.2, -0.15) is 0 Å². The molecule has 1 fully saturated rings. The molecule has 8 heteroatoms. The summed E-state index contributed by atoms with van der Waals surface area (Å²) in [6.45, 7) is 0.881. The van der Waals surface area contributed by atoms with Crippen molar-refractivity contribution in [1.29, 1.82) is 0 Å². The third-order valence-corrected chi connectivity index (χ3v) is 4.71. The van der Waals surface area contributed by atoms with E-state index in [4.69, 9.17) is 16.3 Å². The number of benzene rings is 2. The van der Waals surface area contributed by atoms with E-state index in [2.05, 4.69) is 0 Å². The maximum Gasteiger partial charge on any atom is 0.314 e. The Morgan fingerprint density at radius 2 is 1.78 bits per heavy atom. The molecular formula is C19H17ClN2O5. The van der Waals surface area contributed by atoms with E-state index in [0.29, 0.717) is 36.5 Å². The molecule has 0 spiro atoms. The first-order valence-corrected chi connectivity index (χ1v) is 8.83. The molecule has 2 aromatic rings. The number of halogens is 1. The number of esters is 1. The van der Waals surface area contributed by atoms with Gasteiger partial charge in [-0.1, -0.05) is 17.7 Å². The number of rotatable bonds is 4. The van der Waals surface area contributed by atoms with Crippen molar-refractivity contribution in [3.05, 3.63) is 69.2 Å².